The van der Waals surface area contributed by atoms with E-state index in [1.54, 1.807) is 6.20 Å². The Bertz CT molecular complexity index is 364. The van der Waals surface area contributed by atoms with Gasteiger partial charge < -0.3 is 10.4 Å². The molecule has 2 rings (SSSR count). The topological polar surface area (TPSA) is 78.0 Å². The van der Waals surface area contributed by atoms with Crippen LogP contribution < -0.4 is 5.32 Å². The van der Waals surface area contributed by atoms with Gasteiger partial charge in [0.25, 0.3) is 0 Å². The summed E-state index contributed by atoms with van der Waals surface area (Å²) in [5.74, 6) is 0.456. The van der Waals surface area contributed by atoms with E-state index in [1.165, 1.54) is 0 Å². The second kappa shape index (κ2) is 6.54. The molecular formula is C13H21N3O2. The first kappa shape index (κ1) is 13.1. The molecule has 0 bridgehead atoms. The molecule has 100 valence electrons. The van der Waals surface area contributed by atoms with Crippen LogP contribution >= 0.6 is 0 Å². The molecular weight excluding hydrogens is 230 g/mol. The van der Waals surface area contributed by atoms with Crippen LogP contribution in [0.25, 0.3) is 0 Å². The lowest BCUT2D eigenvalue weighted by atomic mass is 9.86. The zero-order chi connectivity index (χ0) is 12.8. The average Bonchev–Trinajstić information content (AvgIpc) is 2.90. The Hall–Kier alpha value is -1.36. The number of carbonyl (C=O) groups excluding carboxylic acids is 1. The van der Waals surface area contributed by atoms with Crippen LogP contribution in [0.1, 0.15) is 37.7 Å². The maximum atomic E-state index is 11.8. The molecule has 0 spiro atoms. The first-order chi connectivity index (χ1) is 8.78. The summed E-state index contributed by atoms with van der Waals surface area (Å²) in [5, 5.41) is 18.8. The fourth-order valence-corrected chi connectivity index (χ4v) is 2.56. The number of aryl methyl sites for hydroxylation is 1. The smallest absolute Gasteiger partial charge is 0.220 e. The summed E-state index contributed by atoms with van der Waals surface area (Å²) >= 11 is 0. The van der Waals surface area contributed by atoms with E-state index in [1.807, 2.05) is 6.20 Å². The maximum Gasteiger partial charge on any atom is 0.220 e. The fourth-order valence-electron chi connectivity index (χ4n) is 2.56. The SMILES string of the molecule is O=C(CCc1cn[nH]c1)N[C@H]1CCC[C@@H](CO)C1. The van der Waals surface area contributed by atoms with E-state index in [0.29, 0.717) is 12.3 Å². The van der Waals surface area contributed by atoms with Gasteiger partial charge in [-0.05, 0) is 37.2 Å². The van der Waals surface area contributed by atoms with Crippen molar-refractivity contribution in [1.29, 1.82) is 0 Å². The zero-order valence-electron chi connectivity index (χ0n) is 10.6. The molecule has 3 N–H and O–H groups in total. The summed E-state index contributed by atoms with van der Waals surface area (Å²) in [5.41, 5.74) is 1.06. The molecule has 5 heteroatoms. The van der Waals surface area contributed by atoms with Crippen LogP contribution in [0, 0.1) is 5.92 Å². The first-order valence-corrected chi connectivity index (χ1v) is 6.66. The van der Waals surface area contributed by atoms with Crippen LogP contribution in [0.5, 0.6) is 0 Å². The van der Waals surface area contributed by atoms with Gasteiger partial charge in [-0.25, -0.2) is 0 Å². The Balaban J connectivity index is 1.70. The van der Waals surface area contributed by atoms with Gasteiger partial charge in [-0.15, -0.1) is 0 Å². The highest BCUT2D eigenvalue weighted by Crippen LogP contribution is 2.23. The summed E-state index contributed by atoms with van der Waals surface area (Å²) in [7, 11) is 0. The van der Waals surface area contributed by atoms with Gasteiger partial charge in [0.15, 0.2) is 0 Å². The van der Waals surface area contributed by atoms with Crippen molar-refractivity contribution in [2.75, 3.05) is 6.61 Å². The van der Waals surface area contributed by atoms with E-state index in [2.05, 4.69) is 15.5 Å². The van der Waals surface area contributed by atoms with E-state index >= 15 is 0 Å². The molecule has 1 aliphatic carbocycles. The molecule has 1 aliphatic rings. The predicted molar refractivity (Wildman–Crippen MR) is 67.9 cm³/mol. The van der Waals surface area contributed by atoms with Crippen LogP contribution in [0.2, 0.25) is 0 Å². The van der Waals surface area contributed by atoms with Gasteiger partial charge in [0, 0.05) is 25.3 Å². The van der Waals surface area contributed by atoms with E-state index in [-0.39, 0.29) is 18.6 Å². The van der Waals surface area contributed by atoms with E-state index in [0.717, 1.165) is 37.7 Å². The van der Waals surface area contributed by atoms with Gasteiger partial charge in [0.1, 0.15) is 0 Å². The monoisotopic (exact) mass is 251 g/mol. The van der Waals surface area contributed by atoms with Gasteiger partial charge in [-0.3, -0.25) is 9.89 Å². The van der Waals surface area contributed by atoms with Gasteiger partial charge in [0.05, 0.1) is 6.20 Å². The number of amides is 1. The Kier molecular flexibility index (Phi) is 4.75. The number of hydrogen-bond acceptors (Lipinski definition) is 3. The van der Waals surface area contributed by atoms with Crippen molar-refractivity contribution >= 4 is 5.91 Å². The van der Waals surface area contributed by atoms with Gasteiger partial charge in [0.2, 0.25) is 5.91 Å². The number of nitrogens with zero attached hydrogens (tertiary/aromatic N) is 1. The van der Waals surface area contributed by atoms with Crippen LogP contribution in [0.15, 0.2) is 12.4 Å². The van der Waals surface area contributed by atoms with Gasteiger partial charge in [-0.2, -0.15) is 5.10 Å². The molecule has 1 amide bonds. The van der Waals surface area contributed by atoms with Crippen LogP contribution in [-0.2, 0) is 11.2 Å². The number of nitrogens with one attached hydrogen (secondary N) is 2. The van der Waals surface area contributed by atoms with Gasteiger partial charge in [-0.1, -0.05) is 6.42 Å². The van der Waals surface area contributed by atoms with Crippen molar-refractivity contribution in [3.63, 3.8) is 0 Å². The summed E-state index contributed by atoms with van der Waals surface area (Å²) in [4.78, 5) is 11.8. The number of aromatic amines is 1. The third-order valence-electron chi connectivity index (χ3n) is 3.60. The first-order valence-electron chi connectivity index (χ1n) is 6.66. The van der Waals surface area contributed by atoms with E-state index in [4.69, 9.17) is 5.11 Å². The highest BCUT2D eigenvalue weighted by molar-refractivity contribution is 5.76. The fraction of sp³-hybridized carbons (Fsp3) is 0.692. The van der Waals surface area contributed by atoms with Crippen molar-refractivity contribution in [3.05, 3.63) is 18.0 Å². The molecule has 18 heavy (non-hydrogen) atoms. The molecule has 0 radical (unpaired) electrons. The standard InChI is InChI=1S/C13H21N3O2/c17-9-10-2-1-3-12(6-10)16-13(18)5-4-11-7-14-15-8-11/h7-8,10,12,17H,1-6,9H2,(H,14,15)(H,16,18)/t10-,12+/m1/s1. The highest BCUT2D eigenvalue weighted by Gasteiger charge is 2.22. The summed E-state index contributed by atoms with van der Waals surface area (Å²) in [6.07, 6.45) is 8.90. The largest absolute Gasteiger partial charge is 0.396 e. The zero-order valence-corrected chi connectivity index (χ0v) is 10.6. The molecule has 5 nitrogen and oxygen atoms in total. The minimum absolute atomic E-state index is 0.0970. The van der Waals surface area contributed by atoms with Crippen molar-refractivity contribution in [1.82, 2.24) is 15.5 Å². The molecule has 2 atom stereocenters. The van der Waals surface area contributed by atoms with Crippen molar-refractivity contribution < 1.29 is 9.90 Å². The number of rotatable bonds is 5. The Morgan fingerprint density at radius 3 is 3.17 bits per heavy atom. The van der Waals surface area contributed by atoms with E-state index < -0.39 is 0 Å². The minimum Gasteiger partial charge on any atom is -0.396 e. The molecule has 1 saturated carbocycles. The quantitative estimate of drug-likeness (QED) is 0.731. The normalized spacial score (nSPS) is 23.8. The minimum atomic E-state index is 0.0970. The number of aliphatic hydroxyl groups excluding tert-OH is 1. The number of carbonyl (C=O) groups is 1. The van der Waals surface area contributed by atoms with Crippen molar-refractivity contribution in [2.45, 2.75) is 44.6 Å². The van der Waals surface area contributed by atoms with Gasteiger partial charge >= 0.3 is 0 Å². The Labute approximate surface area is 107 Å². The maximum absolute atomic E-state index is 11.8. The van der Waals surface area contributed by atoms with Crippen molar-refractivity contribution in [2.24, 2.45) is 5.92 Å². The van der Waals surface area contributed by atoms with Crippen LogP contribution in [0.4, 0.5) is 0 Å². The highest BCUT2D eigenvalue weighted by atomic mass is 16.3. The third-order valence-corrected chi connectivity index (χ3v) is 3.60. The molecule has 1 aromatic heterocycles. The number of H-pyrrole nitrogens is 1. The molecule has 0 aliphatic heterocycles. The number of aliphatic hydroxyl groups is 1. The van der Waals surface area contributed by atoms with Crippen LogP contribution in [0.3, 0.4) is 0 Å². The number of hydrogen-bond donors (Lipinski definition) is 3. The average molecular weight is 251 g/mol. The molecule has 1 aromatic rings. The Morgan fingerprint density at radius 1 is 1.56 bits per heavy atom. The lowest BCUT2D eigenvalue weighted by molar-refractivity contribution is -0.122. The van der Waals surface area contributed by atoms with Crippen molar-refractivity contribution in [3.8, 4) is 0 Å². The molecule has 0 saturated heterocycles. The third kappa shape index (κ3) is 3.84. The predicted octanol–water partition coefficient (Wildman–Crippen LogP) is 1.01. The second-order valence-corrected chi connectivity index (χ2v) is 5.09. The Morgan fingerprint density at radius 2 is 2.44 bits per heavy atom. The molecule has 1 fully saturated rings. The lowest BCUT2D eigenvalue weighted by Gasteiger charge is -2.28. The number of aromatic nitrogens is 2. The summed E-state index contributed by atoms with van der Waals surface area (Å²) < 4.78 is 0. The summed E-state index contributed by atoms with van der Waals surface area (Å²) in [6, 6.07) is 0.243. The lowest BCUT2D eigenvalue weighted by Crippen LogP contribution is -2.39. The molecule has 0 aromatic carbocycles. The second-order valence-electron chi connectivity index (χ2n) is 5.09. The molecule has 0 unspecified atom stereocenters. The molecule has 1 heterocycles. The van der Waals surface area contributed by atoms with E-state index in [9.17, 15) is 4.79 Å². The summed E-state index contributed by atoms with van der Waals surface area (Å²) in [6.45, 7) is 0.237. The van der Waals surface area contributed by atoms with Crippen LogP contribution in [-0.4, -0.2) is 33.9 Å².